The van der Waals surface area contributed by atoms with Crippen LogP contribution in [0.2, 0.25) is 0 Å². The first kappa shape index (κ1) is 22.9. The Bertz CT molecular complexity index is 433. The fourth-order valence-corrected chi connectivity index (χ4v) is 2.17. The summed E-state index contributed by atoms with van der Waals surface area (Å²) in [6, 6.07) is -0.000602. The standard InChI is InChI=1S/C12H17N3O3.2ClH.Zn/c1-16-11-8-10(15-3-5-18-6-4-15)12(17-2)7-9(11)14-13;;;/h7-8,10H,3-6H2,1-2H3;2*1H;/q;;;+2/p-2. The second-order valence-corrected chi connectivity index (χ2v) is 4.06. The maximum absolute atomic E-state index is 8.94. The summed E-state index contributed by atoms with van der Waals surface area (Å²) in [4.78, 5) is 5.44. The van der Waals surface area contributed by atoms with Crippen molar-refractivity contribution in [2.45, 2.75) is 6.04 Å². The molecule has 1 aliphatic carbocycles. The molecule has 0 radical (unpaired) electrons. The van der Waals surface area contributed by atoms with E-state index < -0.39 is 0 Å². The summed E-state index contributed by atoms with van der Waals surface area (Å²) in [5.74, 6) is 1.29. The molecule has 2 rings (SSSR count). The minimum atomic E-state index is -0.000602. The van der Waals surface area contributed by atoms with Crippen molar-refractivity contribution in [3.63, 3.8) is 0 Å². The predicted molar refractivity (Wildman–Crippen MR) is 65.0 cm³/mol. The Morgan fingerprint density at radius 2 is 1.86 bits per heavy atom. The van der Waals surface area contributed by atoms with Crippen LogP contribution in [-0.2, 0) is 33.7 Å². The van der Waals surface area contributed by atoms with E-state index >= 15 is 0 Å². The Morgan fingerprint density at radius 1 is 1.24 bits per heavy atom. The third-order valence-corrected chi connectivity index (χ3v) is 3.13. The molecule has 1 unspecified atom stereocenters. The van der Waals surface area contributed by atoms with E-state index in [4.69, 9.17) is 19.7 Å². The van der Waals surface area contributed by atoms with Gasteiger partial charge in [-0.2, -0.15) is 4.79 Å². The van der Waals surface area contributed by atoms with Crippen molar-refractivity contribution in [3.05, 3.63) is 29.2 Å². The summed E-state index contributed by atoms with van der Waals surface area (Å²) in [6.07, 6.45) is 3.60. The Morgan fingerprint density at radius 3 is 2.33 bits per heavy atom. The van der Waals surface area contributed by atoms with Crippen molar-refractivity contribution in [1.29, 1.82) is 0 Å². The van der Waals surface area contributed by atoms with Crippen LogP contribution in [0.1, 0.15) is 0 Å². The summed E-state index contributed by atoms with van der Waals surface area (Å²) in [5, 5.41) is 0. The SMILES string of the molecule is COC1=CC(N2CCOCC2)C(OC)=CC1=[N+]=[N-].[Cl-].[Cl-].[Zn+2]. The molecule has 0 spiro atoms. The third-order valence-electron chi connectivity index (χ3n) is 3.13. The first-order valence-electron chi connectivity index (χ1n) is 5.85. The quantitative estimate of drug-likeness (QED) is 0.275. The molecule has 1 atom stereocenters. The van der Waals surface area contributed by atoms with Gasteiger partial charge in [-0.15, -0.1) is 0 Å². The van der Waals surface area contributed by atoms with Crippen LogP contribution in [0.5, 0.6) is 0 Å². The fraction of sp³-hybridized carbons (Fsp3) is 0.583. The molecule has 0 N–H and O–H groups in total. The molecule has 0 bridgehead atoms. The number of methoxy groups -OCH3 is 2. The van der Waals surface area contributed by atoms with Gasteiger partial charge in [0.05, 0.1) is 39.6 Å². The molecule has 9 heteroatoms. The molecule has 1 heterocycles. The molecular formula is C12H17Cl2N3O3Zn. The smallest absolute Gasteiger partial charge is 1.00 e. The number of ether oxygens (including phenoxy) is 3. The van der Waals surface area contributed by atoms with Crippen LogP contribution in [-0.4, -0.2) is 62.0 Å². The molecule has 0 aromatic carbocycles. The Balaban J connectivity index is 0. The number of hydrogen-bond donors (Lipinski definition) is 0. The largest absolute Gasteiger partial charge is 2.00 e. The van der Waals surface area contributed by atoms with Gasteiger partial charge in [0.25, 0.3) is 0 Å². The first-order chi connectivity index (χ1) is 8.80. The number of nitrogens with zero attached hydrogens (tertiary/aromatic N) is 3. The summed E-state index contributed by atoms with van der Waals surface area (Å²) in [5.41, 5.74) is 9.31. The Hall–Kier alpha value is -0.417. The average Bonchev–Trinajstić information content (AvgIpc) is 2.46. The predicted octanol–water partition coefficient (Wildman–Crippen LogP) is -5.56. The Labute approximate surface area is 149 Å². The topological polar surface area (TPSA) is 67.3 Å². The van der Waals surface area contributed by atoms with Gasteiger partial charge in [0.2, 0.25) is 5.76 Å². The average molecular weight is 388 g/mol. The molecule has 0 aromatic heterocycles. The molecule has 21 heavy (non-hydrogen) atoms. The van der Waals surface area contributed by atoms with Crippen LogP contribution >= 0.6 is 0 Å². The number of morpholine rings is 1. The van der Waals surface area contributed by atoms with Gasteiger partial charge in [-0.3, -0.25) is 4.90 Å². The number of rotatable bonds is 3. The maximum atomic E-state index is 8.94. The van der Waals surface area contributed by atoms with E-state index in [0.717, 1.165) is 18.8 Å². The maximum Gasteiger partial charge on any atom is 2.00 e. The molecule has 6 nitrogen and oxygen atoms in total. The van der Waals surface area contributed by atoms with Gasteiger partial charge in [0, 0.05) is 13.1 Å². The van der Waals surface area contributed by atoms with Crippen LogP contribution in [0.4, 0.5) is 0 Å². The number of hydrogen-bond acceptors (Lipinski definition) is 4. The monoisotopic (exact) mass is 385 g/mol. The van der Waals surface area contributed by atoms with Crippen molar-refractivity contribution in [3.8, 4) is 0 Å². The van der Waals surface area contributed by atoms with Crippen LogP contribution in [0.15, 0.2) is 23.7 Å². The zero-order valence-corrected chi connectivity index (χ0v) is 16.6. The van der Waals surface area contributed by atoms with Gasteiger partial charge in [-0.05, 0) is 6.08 Å². The third kappa shape index (κ3) is 5.37. The van der Waals surface area contributed by atoms with Gasteiger partial charge < -0.3 is 44.6 Å². The molecule has 1 fully saturated rings. The molecule has 0 saturated carbocycles. The Kier molecular flexibility index (Phi) is 12.2. The molecule has 2 aliphatic rings. The molecular weight excluding hydrogens is 370 g/mol. The van der Waals surface area contributed by atoms with E-state index in [-0.39, 0.29) is 50.3 Å². The van der Waals surface area contributed by atoms with Gasteiger partial charge >= 0.3 is 25.2 Å². The molecule has 0 aromatic rings. The van der Waals surface area contributed by atoms with E-state index in [1.165, 1.54) is 0 Å². The number of halogens is 2. The van der Waals surface area contributed by atoms with Crippen LogP contribution in [0.25, 0.3) is 5.53 Å². The molecule has 114 valence electrons. The van der Waals surface area contributed by atoms with E-state index in [0.29, 0.717) is 24.7 Å². The summed E-state index contributed by atoms with van der Waals surface area (Å²) in [6.45, 7) is 3.10. The van der Waals surface area contributed by atoms with Crippen molar-refractivity contribution in [1.82, 2.24) is 4.90 Å². The minimum Gasteiger partial charge on any atom is -1.00 e. The zero-order valence-electron chi connectivity index (χ0n) is 12.1. The van der Waals surface area contributed by atoms with Crippen molar-refractivity contribution in [2.75, 3.05) is 40.5 Å². The van der Waals surface area contributed by atoms with Crippen molar-refractivity contribution < 1.29 is 63.3 Å². The van der Waals surface area contributed by atoms with E-state index in [9.17, 15) is 0 Å². The van der Waals surface area contributed by atoms with Crippen LogP contribution in [0, 0.1) is 0 Å². The first-order valence-corrected chi connectivity index (χ1v) is 5.85. The number of allylic oxidation sites excluding steroid dienone is 1. The van der Waals surface area contributed by atoms with E-state index in [2.05, 4.69) is 9.69 Å². The summed E-state index contributed by atoms with van der Waals surface area (Å²) < 4.78 is 15.9. The summed E-state index contributed by atoms with van der Waals surface area (Å²) >= 11 is 0. The summed E-state index contributed by atoms with van der Waals surface area (Å²) in [7, 11) is 3.17. The van der Waals surface area contributed by atoms with Gasteiger partial charge in [0.1, 0.15) is 5.76 Å². The second-order valence-electron chi connectivity index (χ2n) is 4.06. The van der Waals surface area contributed by atoms with E-state index in [1.54, 1.807) is 20.3 Å². The van der Waals surface area contributed by atoms with E-state index in [1.807, 2.05) is 6.08 Å². The van der Waals surface area contributed by atoms with Gasteiger partial charge in [-0.25, -0.2) is 0 Å². The zero-order chi connectivity index (χ0) is 13.0. The van der Waals surface area contributed by atoms with Crippen LogP contribution in [0.3, 0.4) is 0 Å². The molecule has 0 amide bonds. The molecule has 1 saturated heterocycles. The minimum absolute atomic E-state index is 0. The van der Waals surface area contributed by atoms with Gasteiger partial charge in [-0.1, -0.05) is 0 Å². The van der Waals surface area contributed by atoms with Crippen molar-refractivity contribution >= 4 is 5.71 Å². The molecule has 1 aliphatic heterocycles. The fourth-order valence-electron chi connectivity index (χ4n) is 2.17. The van der Waals surface area contributed by atoms with Crippen molar-refractivity contribution in [2.24, 2.45) is 0 Å². The van der Waals surface area contributed by atoms with Crippen LogP contribution < -0.4 is 24.8 Å². The second kappa shape index (κ2) is 11.2. The van der Waals surface area contributed by atoms with Gasteiger partial charge in [0.15, 0.2) is 0 Å². The normalized spacial score (nSPS) is 21.4.